The van der Waals surface area contributed by atoms with Crippen LogP contribution in [-0.4, -0.2) is 46.1 Å². The summed E-state index contributed by atoms with van der Waals surface area (Å²) in [5, 5.41) is 0. The summed E-state index contributed by atoms with van der Waals surface area (Å²) >= 11 is 0. The first-order valence-corrected chi connectivity index (χ1v) is 9.23. The minimum Gasteiger partial charge on any atom is -0.352 e. The summed E-state index contributed by atoms with van der Waals surface area (Å²) in [6.07, 6.45) is 1.87. The van der Waals surface area contributed by atoms with Gasteiger partial charge in [-0.2, -0.15) is 0 Å². The molecule has 0 atom stereocenters. The third-order valence-electron chi connectivity index (χ3n) is 5.06. The lowest BCUT2D eigenvalue weighted by Crippen LogP contribution is -2.47. The number of para-hydroxylation sites is 4. The minimum atomic E-state index is 0.890. The Morgan fingerprint density at radius 3 is 1.93 bits per heavy atom. The normalized spacial score (nSPS) is 14.9. The number of benzene rings is 2. The summed E-state index contributed by atoms with van der Waals surface area (Å²) in [6.45, 7) is 5.60. The van der Waals surface area contributed by atoms with Crippen molar-refractivity contribution >= 4 is 33.7 Å². The van der Waals surface area contributed by atoms with Gasteiger partial charge in [-0.05, 0) is 31.2 Å². The van der Waals surface area contributed by atoms with Gasteiger partial charge in [-0.1, -0.05) is 24.3 Å². The lowest BCUT2D eigenvalue weighted by molar-refractivity contribution is 0.640. The van der Waals surface area contributed by atoms with E-state index >= 15 is 0 Å². The maximum Gasteiger partial charge on any atom is 0.150 e. The zero-order valence-corrected chi connectivity index (χ0v) is 15.2. The van der Waals surface area contributed by atoms with Gasteiger partial charge in [0.25, 0.3) is 0 Å². The van der Waals surface area contributed by atoms with E-state index in [-0.39, 0.29) is 0 Å². The first kappa shape index (κ1) is 15.9. The molecule has 1 aliphatic heterocycles. The molecule has 0 saturated carbocycles. The summed E-state index contributed by atoms with van der Waals surface area (Å²) in [7, 11) is 0. The first-order chi connectivity index (χ1) is 13.3. The highest BCUT2D eigenvalue weighted by molar-refractivity contribution is 5.77. The molecule has 4 aromatic rings. The molecule has 1 aliphatic rings. The Balaban J connectivity index is 1.37. The Labute approximate surface area is 157 Å². The van der Waals surface area contributed by atoms with Gasteiger partial charge in [-0.3, -0.25) is 4.98 Å². The molecule has 2 aromatic heterocycles. The molecular weight excluding hydrogens is 336 g/mol. The summed E-state index contributed by atoms with van der Waals surface area (Å²) in [4.78, 5) is 23.5. The average Bonchev–Trinajstić information content (AvgIpc) is 2.73. The molecule has 6 nitrogen and oxygen atoms in total. The van der Waals surface area contributed by atoms with Crippen LogP contribution in [0.5, 0.6) is 0 Å². The van der Waals surface area contributed by atoms with Gasteiger partial charge in [0.05, 0.1) is 34.0 Å². The average molecular weight is 356 g/mol. The number of aromatic nitrogens is 4. The molecular formula is C21H20N6. The molecule has 0 radical (unpaired) electrons. The number of hydrogen-bond acceptors (Lipinski definition) is 6. The zero-order chi connectivity index (χ0) is 18.2. The van der Waals surface area contributed by atoms with E-state index in [0.717, 1.165) is 65.6 Å². The minimum absolute atomic E-state index is 0.890. The number of hydrogen-bond donors (Lipinski definition) is 0. The lowest BCUT2D eigenvalue weighted by Gasteiger charge is -2.36. The van der Waals surface area contributed by atoms with Crippen LogP contribution in [0.1, 0.15) is 5.69 Å². The highest BCUT2D eigenvalue weighted by atomic mass is 15.3. The highest BCUT2D eigenvalue weighted by Gasteiger charge is 2.21. The van der Waals surface area contributed by atoms with Crippen LogP contribution in [0.2, 0.25) is 0 Å². The van der Waals surface area contributed by atoms with E-state index in [9.17, 15) is 0 Å². The number of aryl methyl sites for hydroxylation is 1. The predicted octanol–water partition coefficient (Wildman–Crippen LogP) is 3.21. The van der Waals surface area contributed by atoms with Gasteiger partial charge in [-0.25, -0.2) is 15.0 Å². The Hall–Kier alpha value is -3.28. The van der Waals surface area contributed by atoms with Crippen LogP contribution in [0.4, 0.5) is 11.6 Å². The molecule has 27 heavy (non-hydrogen) atoms. The van der Waals surface area contributed by atoms with Crippen LogP contribution in [0, 0.1) is 6.92 Å². The van der Waals surface area contributed by atoms with Gasteiger partial charge in [0.15, 0.2) is 5.82 Å². The van der Waals surface area contributed by atoms with Gasteiger partial charge in [0, 0.05) is 26.2 Å². The standard InChI is InChI=1S/C21H20N6/c1-15-21(25-19-9-5-4-8-18(19)23-15)27-12-10-26(11-13-27)20-14-22-16-6-2-3-7-17(16)24-20/h2-9,14H,10-13H2,1H3. The number of anilines is 2. The molecule has 134 valence electrons. The lowest BCUT2D eigenvalue weighted by atomic mass is 10.2. The van der Waals surface area contributed by atoms with Gasteiger partial charge in [0.2, 0.25) is 0 Å². The third kappa shape index (κ3) is 2.93. The second kappa shape index (κ2) is 6.46. The van der Waals surface area contributed by atoms with Crippen molar-refractivity contribution in [3.63, 3.8) is 0 Å². The van der Waals surface area contributed by atoms with Crippen LogP contribution in [0.3, 0.4) is 0 Å². The smallest absolute Gasteiger partial charge is 0.150 e. The summed E-state index contributed by atoms with van der Waals surface area (Å²) in [5.41, 5.74) is 4.74. The maximum absolute atomic E-state index is 4.85. The Kier molecular flexibility index (Phi) is 3.81. The van der Waals surface area contributed by atoms with Crippen LogP contribution in [0.15, 0.2) is 54.7 Å². The van der Waals surface area contributed by atoms with Crippen LogP contribution < -0.4 is 9.80 Å². The third-order valence-corrected chi connectivity index (χ3v) is 5.06. The second-order valence-electron chi connectivity index (χ2n) is 6.81. The Bertz CT molecular complexity index is 1120. The first-order valence-electron chi connectivity index (χ1n) is 9.23. The van der Waals surface area contributed by atoms with Crippen molar-refractivity contribution in [3.05, 3.63) is 60.4 Å². The number of rotatable bonds is 2. The molecule has 3 heterocycles. The van der Waals surface area contributed by atoms with Crippen molar-refractivity contribution in [1.29, 1.82) is 0 Å². The van der Waals surface area contributed by atoms with Crippen molar-refractivity contribution in [3.8, 4) is 0 Å². The quantitative estimate of drug-likeness (QED) is 0.550. The van der Waals surface area contributed by atoms with Crippen molar-refractivity contribution in [2.75, 3.05) is 36.0 Å². The van der Waals surface area contributed by atoms with Gasteiger partial charge in [-0.15, -0.1) is 0 Å². The van der Waals surface area contributed by atoms with Crippen LogP contribution in [-0.2, 0) is 0 Å². The SMILES string of the molecule is Cc1nc2ccccc2nc1N1CCN(c2cnc3ccccc3n2)CC1. The molecule has 0 amide bonds. The number of nitrogens with zero attached hydrogens (tertiary/aromatic N) is 6. The largest absolute Gasteiger partial charge is 0.352 e. The molecule has 6 heteroatoms. The van der Waals surface area contributed by atoms with E-state index in [1.54, 1.807) is 0 Å². The van der Waals surface area contributed by atoms with Crippen molar-refractivity contribution in [2.24, 2.45) is 0 Å². The molecule has 0 aliphatic carbocycles. The van der Waals surface area contributed by atoms with E-state index in [1.807, 2.05) is 61.7 Å². The molecule has 0 unspecified atom stereocenters. The van der Waals surface area contributed by atoms with Crippen molar-refractivity contribution in [2.45, 2.75) is 6.92 Å². The van der Waals surface area contributed by atoms with Crippen LogP contribution >= 0.6 is 0 Å². The van der Waals surface area contributed by atoms with E-state index in [0.29, 0.717) is 0 Å². The summed E-state index contributed by atoms with van der Waals surface area (Å²) < 4.78 is 0. The maximum atomic E-state index is 4.85. The molecule has 0 spiro atoms. The van der Waals surface area contributed by atoms with Gasteiger partial charge in [0.1, 0.15) is 5.82 Å². The molecule has 0 N–H and O–H groups in total. The van der Waals surface area contributed by atoms with Crippen molar-refractivity contribution in [1.82, 2.24) is 19.9 Å². The molecule has 2 aromatic carbocycles. The van der Waals surface area contributed by atoms with Gasteiger partial charge < -0.3 is 9.80 Å². The molecule has 1 fully saturated rings. The number of piperazine rings is 1. The summed E-state index contributed by atoms with van der Waals surface area (Å²) in [5.74, 6) is 1.92. The van der Waals surface area contributed by atoms with E-state index < -0.39 is 0 Å². The monoisotopic (exact) mass is 356 g/mol. The topological polar surface area (TPSA) is 58.0 Å². The fourth-order valence-corrected chi connectivity index (χ4v) is 3.63. The Morgan fingerprint density at radius 2 is 1.22 bits per heavy atom. The zero-order valence-electron chi connectivity index (χ0n) is 15.2. The fourth-order valence-electron chi connectivity index (χ4n) is 3.63. The second-order valence-corrected chi connectivity index (χ2v) is 6.81. The fraction of sp³-hybridized carbons (Fsp3) is 0.238. The Morgan fingerprint density at radius 1 is 0.667 bits per heavy atom. The summed E-state index contributed by atoms with van der Waals surface area (Å²) in [6, 6.07) is 16.0. The van der Waals surface area contributed by atoms with E-state index in [4.69, 9.17) is 15.0 Å². The van der Waals surface area contributed by atoms with Crippen LogP contribution in [0.25, 0.3) is 22.1 Å². The van der Waals surface area contributed by atoms with E-state index in [1.165, 1.54) is 0 Å². The molecule has 1 saturated heterocycles. The molecule has 0 bridgehead atoms. The molecule has 5 rings (SSSR count). The predicted molar refractivity (Wildman–Crippen MR) is 108 cm³/mol. The number of fused-ring (bicyclic) bond motifs is 2. The van der Waals surface area contributed by atoms with E-state index in [2.05, 4.69) is 14.8 Å². The van der Waals surface area contributed by atoms with Crippen molar-refractivity contribution < 1.29 is 0 Å². The highest BCUT2D eigenvalue weighted by Crippen LogP contribution is 2.23. The van der Waals surface area contributed by atoms with Gasteiger partial charge >= 0.3 is 0 Å².